The molecule has 1 aliphatic carbocycles. The average Bonchev–Trinajstić information content (AvgIpc) is 2.91. The van der Waals surface area contributed by atoms with Crippen molar-refractivity contribution >= 4 is 21.6 Å². The number of para-hydroxylation sites is 1. The van der Waals surface area contributed by atoms with E-state index in [4.69, 9.17) is 4.74 Å². The molecule has 3 atom stereocenters. The molecule has 38 heavy (non-hydrogen) atoms. The predicted octanol–water partition coefficient (Wildman–Crippen LogP) is 4.22. The zero-order chi connectivity index (χ0) is 27.3. The van der Waals surface area contributed by atoms with Crippen LogP contribution in [0.4, 0.5) is 5.69 Å². The van der Waals surface area contributed by atoms with Crippen molar-refractivity contribution in [2.24, 2.45) is 11.8 Å². The van der Waals surface area contributed by atoms with Crippen molar-refractivity contribution < 1.29 is 23.1 Å². The first-order chi connectivity index (χ1) is 18.2. The molecule has 0 spiro atoms. The summed E-state index contributed by atoms with van der Waals surface area (Å²) in [5.74, 6) is 0.567. The average molecular weight is 544 g/mol. The fraction of sp³-hybridized carbons (Fsp3) is 0.552. The van der Waals surface area contributed by atoms with Gasteiger partial charge in [0.25, 0.3) is 15.9 Å². The Labute approximate surface area is 227 Å². The van der Waals surface area contributed by atoms with E-state index in [-0.39, 0.29) is 52.5 Å². The number of ether oxygens (including phenoxy) is 1. The smallest absolute Gasteiger partial charge is 0.262 e. The van der Waals surface area contributed by atoms with Gasteiger partial charge in [-0.05, 0) is 57.0 Å². The van der Waals surface area contributed by atoms with Crippen LogP contribution in [0, 0.1) is 11.8 Å². The lowest BCUT2D eigenvalue weighted by Gasteiger charge is -2.39. The molecule has 0 radical (unpaired) electrons. The standard InChI is InChI=1S/C29H41N3O5S/c1-21-17-32(22(2)20-33)29(34)25-15-10-16-26(30-38(35,36)24-13-8-5-9-14-24)28(25)37-27(21)19-31(3)18-23-11-6-4-7-12-23/h5,8-10,13-16,21-23,27,30,33H,4,6-7,11-12,17-20H2,1-3H3/t21-,22-,27+/m1/s1. The zero-order valence-electron chi connectivity index (χ0n) is 22.7. The van der Waals surface area contributed by atoms with Crippen LogP contribution in [-0.2, 0) is 10.0 Å². The number of rotatable bonds is 9. The lowest BCUT2D eigenvalue weighted by atomic mass is 9.89. The Bertz CT molecular complexity index is 1180. The molecule has 8 nitrogen and oxygen atoms in total. The molecular formula is C29H41N3O5S. The van der Waals surface area contributed by atoms with E-state index in [1.54, 1.807) is 41.3 Å². The summed E-state index contributed by atoms with van der Waals surface area (Å²) in [6, 6.07) is 12.7. The highest BCUT2D eigenvalue weighted by molar-refractivity contribution is 7.92. The first-order valence-electron chi connectivity index (χ1n) is 13.7. The highest BCUT2D eigenvalue weighted by Gasteiger charge is 2.35. The maximum Gasteiger partial charge on any atom is 0.262 e. The second-order valence-electron chi connectivity index (χ2n) is 10.9. The molecule has 0 bridgehead atoms. The monoisotopic (exact) mass is 543 g/mol. The minimum Gasteiger partial charge on any atom is -0.486 e. The summed E-state index contributed by atoms with van der Waals surface area (Å²) < 4.78 is 35.6. The maximum absolute atomic E-state index is 13.7. The van der Waals surface area contributed by atoms with Gasteiger partial charge in [-0.1, -0.05) is 50.5 Å². The number of carbonyl (C=O) groups excluding carboxylic acids is 1. The van der Waals surface area contributed by atoms with Gasteiger partial charge in [-0.25, -0.2) is 8.42 Å². The summed E-state index contributed by atoms with van der Waals surface area (Å²) in [5, 5.41) is 9.90. The quantitative estimate of drug-likeness (QED) is 0.491. The number of likely N-dealkylation sites (N-methyl/N-ethyl adjacent to an activating group) is 1. The van der Waals surface area contributed by atoms with Crippen LogP contribution in [0.2, 0.25) is 0 Å². The van der Waals surface area contributed by atoms with Gasteiger partial charge in [-0.2, -0.15) is 0 Å². The summed E-state index contributed by atoms with van der Waals surface area (Å²) in [4.78, 5) is 17.8. The third-order valence-electron chi connectivity index (χ3n) is 7.78. The first kappa shape index (κ1) is 28.4. The molecule has 1 fully saturated rings. The van der Waals surface area contributed by atoms with Crippen LogP contribution in [0.15, 0.2) is 53.4 Å². The number of fused-ring (bicyclic) bond motifs is 1. The van der Waals surface area contributed by atoms with Crippen molar-refractivity contribution in [3.63, 3.8) is 0 Å². The topological polar surface area (TPSA) is 99.2 Å². The number of carbonyl (C=O) groups is 1. The maximum atomic E-state index is 13.7. The van der Waals surface area contributed by atoms with Crippen molar-refractivity contribution in [2.45, 2.75) is 63.0 Å². The van der Waals surface area contributed by atoms with Gasteiger partial charge in [0, 0.05) is 25.6 Å². The van der Waals surface area contributed by atoms with Crippen LogP contribution in [0.5, 0.6) is 5.75 Å². The summed E-state index contributed by atoms with van der Waals surface area (Å²) >= 11 is 0. The zero-order valence-corrected chi connectivity index (χ0v) is 23.5. The molecule has 4 rings (SSSR count). The Hall–Kier alpha value is -2.62. The van der Waals surface area contributed by atoms with Gasteiger partial charge in [0.15, 0.2) is 5.75 Å². The molecule has 208 valence electrons. The number of nitrogens with one attached hydrogen (secondary N) is 1. The van der Waals surface area contributed by atoms with E-state index in [9.17, 15) is 18.3 Å². The van der Waals surface area contributed by atoms with Crippen LogP contribution in [0.1, 0.15) is 56.3 Å². The molecule has 2 aromatic carbocycles. The van der Waals surface area contributed by atoms with E-state index in [0.29, 0.717) is 19.0 Å². The summed E-state index contributed by atoms with van der Waals surface area (Å²) in [6.07, 6.45) is 6.08. The van der Waals surface area contributed by atoms with Gasteiger partial charge in [-0.15, -0.1) is 0 Å². The highest BCUT2D eigenvalue weighted by Crippen LogP contribution is 2.36. The van der Waals surface area contributed by atoms with Gasteiger partial charge in [-0.3, -0.25) is 9.52 Å². The Balaban J connectivity index is 1.67. The van der Waals surface area contributed by atoms with Gasteiger partial charge >= 0.3 is 0 Å². The van der Waals surface area contributed by atoms with Crippen LogP contribution in [-0.4, -0.2) is 74.7 Å². The lowest BCUT2D eigenvalue weighted by Crippen LogP contribution is -2.50. The van der Waals surface area contributed by atoms with Crippen molar-refractivity contribution in [3.8, 4) is 5.75 Å². The van der Waals surface area contributed by atoms with Crippen LogP contribution in [0.3, 0.4) is 0 Å². The molecule has 1 amide bonds. The molecule has 1 heterocycles. The van der Waals surface area contributed by atoms with Gasteiger partial charge in [0.1, 0.15) is 6.10 Å². The van der Waals surface area contributed by atoms with Crippen molar-refractivity contribution in [2.75, 3.05) is 38.0 Å². The minimum absolute atomic E-state index is 0.0475. The number of anilines is 1. The molecule has 0 unspecified atom stereocenters. The van der Waals surface area contributed by atoms with E-state index in [0.717, 1.165) is 6.54 Å². The second kappa shape index (κ2) is 12.5. The molecule has 0 aromatic heterocycles. The molecule has 0 saturated heterocycles. The normalized spacial score (nSPS) is 21.8. The largest absolute Gasteiger partial charge is 0.486 e. The summed E-state index contributed by atoms with van der Waals surface area (Å²) in [5.41, 5.74) is 0.510. The van der Waals surface area contributed by atoms with E-state index >= 15 is 0 Å². The van der Waals surface area contributed by atoms with E-state index in [1.807, 2.05) is 13.8 Å². The van der Waals surface area contributed by atoms with Crippen LogP contribution < -0.4 is 9.46 Å². The van der Waals surface area contributed by atoms with E-state index < -0.39 is 10.0 Å². The first-order valence-corrected chi connectivity index (χ1v) is 15.2. The number of hydrogen-bond acceptors (Lipinski definition) is 6. The Morgan fingerprint density at radius 3 is 2.47 bits per heavy atom. The number of hydrogen-bond donors (Lipinski definition) is 2. The SMILES string of the molecule is C[C@@H]1CN([C@H](C)CO)C(=O)c2cccc(NS(=O)(=O)c3ccccc3)c2O[C@H]1CN(C)CC1CCCCC1. The van der Waals surface area contributed by atoms with E-state index in [1.165, 1.54) is 44.2 Å². The minimum atomic E-state index is -3.90. The van der Waals surface area contributed by atoms with Crippen molar-refractivity contribution in [1.29, 1.82) is 0 Å². The van der Waals surface area contributed by atoms with Gasteiger partial charge < -0.3 is 19.6 Å². The molecule has 1 saturated carbocycles. The summed E-state index contributed by atoms with van der Waals surface area (Å²) in [7, 11) is -1.79. The Morgan fingerprint density at radius 1 is 1.08 bits per heavy atom. The number of nitrogens with zero attached hydrogens (tertiary/aromatic N) is 2. The van der Waals surface area contributed by atoms with Crippen LogP contribution >= 0.6 is 0 Å². The number of aliphatic hydroxyl groups is 1. The van der Waals surface area contributed by atoms with Crippen molar-refractivity contribution in [1.82, 2.24) is 9.80 Å². The van der Waals surface area contributed by atoms with Gasteiger partial charge in [0.2, 0.25) is 0 Å². The Kier molecular flexibility index (Phi) is 9.33. The Morgan fingerprint density at radius 2 is 1.79 bits per heavy atom. The second-order valence-corrected chi connectivity index (χ2v) is 12.6. The highest BCUT2D eigenvalue weighted by atomic mass is 32.2. The molecule has 2 aromatic rings. The molecule has 2 N–H and O–H groups in total. The third kappa shape index (κ3) is 6.68. The number of benzene rings is 2. The predicted molar refractivity (Wildman–Crippen MR) is 149 cm³/mol. The van der Waals surface area contributed by atoms with Crippen LogP contribution in [0.25, 0.3) is 0 Å². The third-order valence-corrected chi connectivity index (χ3v) is 9.16. The number of amides is 1. The van der Waals surface area contributed by atoms with E-state index in [2.05, 4.69) is 16.7 Å². The molecular weight excluding hydrogens is 502 g/mol. The fourth-order valence-electron chi connectivity index (χ4n) is 5.54. The van der Waals surface area contributed by atoms with Crippen molar-refractivity contribution in [3.05, 3.63) is 54.1 Å². The van der Waals surface area contributed by atoms with Gasteiger partial charge in [0.05, 0.1) is 28.8 Å². The molecule has 9 heteroatoms. The number of sulfonamides is 1. The molecule has 1 aliphatic heterocycles. The fourth-order valence-corrected chi connectivity index (χ4v) is 6.62. The number of aliphatic hydroxyl groups excluding tert-OH is 1. The summed E-state index contributed by atoms with van der Waals surface area (Å²) in [6.45, 7) is 5.76. The lowest BCUT2D eigenvalue weighted by molar-refractivity contribution is 0.0333. The molecule has 2 aliphatic rings.